The average Bonchev–Trinajstić information content (AvgIpc) is 2.71. The normalized spacial score (nSPS) is 11.6. The van der Waals surface area contributed by atoms with Gasteiger partial charge in [-0.2, -0.15) is 0 Å². The van der Waals surface area contributed by atoms with Crippen molar-refractivity contribution in [2.75, 3.05) is 13.2 Å². The van der Waals surface area contributed by atoms with Crippen molar-refractivity contribution in [1.29, 1.82) is 0 Å². The van der Waals surface area contributed by atoms with Crippen LogP contribution in [0.3, 0.4) is 0 Å². The summed E-state index contributed by atoms with van der Waals surface area (Å²) in [4.78, 5) is 27.1. The third kappa shape index (κ3) is 6.50. The maximum atomic E-state index is 13.0. The van der Waals surface area contributed by atoms with Crippen LogP contribution in [0.5, 0.6) is 5.75 Å². The van der Waals surface area contributed by atoms with Gasteiger partial charge in [0.15, 0.2) is 6.61 Å². The van der Waals surface area contributed by atoms with Crippen molar-refractivity contribution in [3.05, 3.63) is 64.2 Å². The maximum absolute atomic E-state index is 13.0. The molecule has 1 N–H and O–H groups in total. The molecule has 0 unspecified atom stereocenters. The number of amides is 2. The molecule has 2 rings (SSSR count). The Kier molecular flexibility index (Phi) is 8.52. The Bertz CT molecular complexity index is 854. The summed E-state index contributed by atoms with van der Waals surface area (Å²) in [5.74, 6) is 0.197. The van der Waals surface area contributed by atoms with Crippen LogP contribution < -0.4 is 10.1 Å². The third-order valence-corrected chi connectivity index (χ3v) is 5.08. The number of rotatable bonds is 9. The molecule has 0 bridgehead atoms. The van der Waals surface area contributed by atoms with Gasteiger partial charge in [-0.3, -0.25) is 9.59 Å². The van der Waals surface area contributed by atoms with Crippen LogP contribution in [0.15, 0.2) is 42.5 Å². The number of carbonyl (C=O) groups is 2. The Hall–Kier alpha value is -2.53. The van der Waals surface area contributed by atoms with E-state index < -0.39 is 6.04 Å². The second-order valence-electron chi connectivity index (χ2n) is 7.14. The molecule has 0 spiro atoms. The predicted molar refractivity (Wildman–Crippen MR) is 116 cm³/mol. The monoisotopic (exact) mass is 416 g/mol. The molecule has 2 amide bonds. The van der Waals surface area contributed by atoms with Crippen LogP contribution in [0.25, 0.3) is 0 Å². The Labute approximate surface area is 178 Å². The first-order chi connectivity index (χ1) is 13.8. The molecule has 0 saturated heterocycles. The summed E-state index contributed by atoms with van der Waals surface area (Å²) in [5, 5.41) is 3.41. The molecular formula is C23H29ClN2O3. The molecule has 0 aliphatic rings. The highest BCUT2D eigenvalue weighted by molar-refractivity contribution is 6.31. The first-order valence-corrected chi connectivity index (χ1v) is 10.2. The molecule has 0 aliphatic carbocycles. The van der Waals surface area contributed by atoms with Gasteiger partial charge in [0, 0.05) is 18.1 Å². The molecule has 0 aliphatic heterocycles. The standard InChI is InChI=1S/C23H29ClN2O3/c1-5-12-25-23(28)18(4)26(14-19-8-6-7-9-20(19)24)22(27)15-29-21-13-16(2)10-11-17(21)3/h6-11,13,18H,5,12,14-15H2,1-4H3,(H,25,28)/t18-/m1/s1. The lowest BCUT2D eigenvalue weighted by atomic mass is 10.1. The van der Waals surface area contributed by atoms with Crippen LogP contribution in [0.2, 0.25) is 5.02 Å². The highest BCUT2D eigenvalue weighted by atomic mass is 35.5. The molecule has 0 radical (unpaired) electrons. The lowest BCUT2D eigenvalue weighted by Crippen LogP contribution is -2.49. The van der Waals surface area contributed by atoms with Crippen molar-refractivity contribution in [3.63, 3.8) is 0 Å². The van der Waals surface area contributed by atoms with Gasteiger partial charge in [-0.25, -0.2) is 0 Å². The molecule has 2 aromatic rings. The molecule has 0 heterocycles. The fourth-order valence-corrected chi connectivity index (χ4v) is 3.07. The van der Waals surface area contributed by atoms with Crippen molar-refractivity contribution >= 4 is 23.4 Å². The van der Waals surface area contributed by atoms with Crippen LogP contribution in [-0.2, 0) is 16.1 Å². The molecule has 1 atom stereocenters. The van der Waals surface area contributed by atoms with E-state index in [1.54, 1.807) is 13.0 Å². The number of carbonyl (C=O) groups excluding carboxylic acids is 2. The molecule has 0 saturated carbocycles. The number of hydrogen-bond donors (Lipinski definition) is 1. The Morgan fingerprint density at radius 3 is 2.59 bits per heavy atom. The van der Waals surface area contributed by atoms with Crippen LogP contribution in [0, 0.1) is 13.8 Å². The molecule has 156 valence electrons. The number of nitrogens with zero attached hydrogens (tertiary/aromatic N) is 1. The lowest BCUT2D eigenvalue weighted by Gasteiger charge is -2.29. The molecular weight excluding hydrogens is 388 g/mol. The minimum Gasteiger partial charge on any atom is -0.483 e. The highest BCUT2D eigenvalue weighted by Crippen LogP contribution is 2.21. The summed E-state index contributed by atoms with van der Waals surface area (Å²) in [6.45, 7) is 8.25. The molecule has 2 aromatic carbocycles. The van der Waals surface area contributed by atoms with Gasteiger partial charge < -0.3 is 15.0 Å². The van der Waals surface area contributed by atoms with Crippen LogP contribution in [0.1, 0.15) is 37.0 Å². The van der Waals surface area contributed by atoms with E-state index in [9.17, 15) is 9.59 Å². The van der Waals surface area contributed by atoms with E-state index in [4.69, 9.17) is 16.3 Å². The Balaban J connectivity index is 2.18. The van der Waals surface area contributed by atoms with Gasteiger partial charge in [0.1, 0.15) is 11.8 Å². The highest BCUT2D eigenvalue weighted by Gasteiger charge is 2.27. The summed E-state index contributed by atoms with van der Waals surface area (Å²) >= 11 is 6.28. The average molecular weight is 417 g/mol. The molecule has 29 heavy (non-hydrogen) atoms. The van der Waals surface area contributed by atoms with E-state index in [1.807, 2.05) is 57.2 Å². The van der Waals surface area contributed by atoms with E-state index in [0.717, 1.165) is 23.1 Å². The van der Waals surface area contributed by atoms with Gasteiger partial charge in [-0.05, 0) is 56.0 Å². The maximum Gasteiger partial charge on any atom is 0.261 e. The number of benzene rings is 2. The number of aryl methyl sites for hydroxylation is 2. The van der Waals surface area contributed by atoms with Crippen LogP contribution >= 0.6 is 11.6 Å². The fraction of sp³-hybridized carbons (Fsp3) is 0.391. The third-order valence-electron chi connectivity index (χ3n) is 4.71. The summed E-state index contributed by atoms with van der Waals surface area (Å²) in [7, 11) is 0. The van der Waals surface area contributed by atoms with Crippen molar-refractivity contribution in [1.82, 2.24) is 10.2 Å². The largest absolute Gasteiger partial charge is 0.483 e. The van der Waals surface area contributed by atoms with Crippen molar-refractivity contribution in [2.24, 2.45) is 0 Å². The summed E-state index contributed by atoms with van der Waals surface area (Å²) in [6.07, 6.45) is 0.826. The summed E-state index contributed by atoms with van der Waals surface area (Å²) in [5.41, 5.74) is 2.79. The van der Waals surface area contributed by atoms with Gasteiger partial charge in [0.2, 0.25) is 5.91 Å². The Morgan fingerprint density at radius 2 is 1.90 bits per heavy atom. The lowest BCUT2D eigenvalue weighted by molar-refractivity contribution is -0.142. The fourth-order valence-electron chi connectivity index (χ4n) is 2.87. The topological polar surface area (TPSA) is 58.6 Å². The number of ether oxygens (including phenoxy) is 1. The van der Waals surface area contributed by atoms with Gasteiger partial charge in [0.05, 0.1) is 0 Å². The van der Waals surface area contributed by atoms with E-state index in [0.29, 0.717) is 17.3 Å². The number of hydrogen-bond acceptors (Lipinski definition) is 3. The first kappa shape index (κ1) is 22.8. The number of nitrogens with one attached hydrogen (secondary N) is 1. The SMILES string of the molecule is CCCNC(=O)[C@@H](C)N(Cc1ccccc1Cl)C(=O)COc1cc(C)ccc1C. The summed E-state index contributed by atoms with van der Waals surface area (Å²) in [6, 6.07) is 12.5. The minimum atomic E-state index is -0.646. The van der Waals surface area contributed by atoms with E-state index >= 15 is 0 Å². The van der Waals surface area contributed by atoms with Crippen molar-refractivity contribution in [3.8, 4) is 5.75 Å². The zero-order valence-electron chi connectivity index (χ0n) is 17.5. The Morgan fingerprint density at radius 1 is 1.17 bits per heavy atom. The van der Waals surface area contributed by atoms with Crippen LogP contribution in [-0.4, -0.2) is 35.9 Å². The van der Waals surface area contributed by atoms with Gasteiger partial charge in [-0.1, -0.05) is 48.9 Å². The van der Waals surface area contributed by atoms with Crippen molar-refractivity contribution < 1.29 is 14.3 Å². The zero-order chi connectivity index (χ0) is 21.4. The minimum absolute atomic E-state index is 0.153. The molecule has 0 aromatic heterocycles. The van der Waals surface area contributed by atoms with E-state index in [2.05, 4.69) is 5.32 Å². The zero-order valence-corrected chi connectivity index (χ0v) is 18.3. The quantitative estimate of drug-likeness (QED) is 0.663. The van der Waals surface area contributed by atoms with E-state index in [1.165, 1.54) is 4.90 Å². The van der Waals surface area contributed by atoms with Crippen molar-refractivity contribution in [2.45, 2.75) is 46.7 Å². The smallest absolute Gasteiger partial charge is 0.261 e. The molecule has 6 heteroatoms. The predicted octanol–water partition coefficient (Wildman–Crippen LogP) is 4.28. The second kappa shape index (κ2) is 10.9. The van der Waals surface area contributed by atoms with E-state index in [-0.39, 0.29) is 25.0 Å². The van der Waals surface area contributed by atoms with Gasteiger partial charge in [-0.15, -0.1) is 0 Å². The first-order valence-electron chi connectivity index (χ1n) is 9.84. The van der Waals surface area contributed by atoms with Crippen LogP contribution in [0.4, 0.5) is 0 Å². The second-order valence-corrected chi connectivity index (χ2v) is 7.54. The molecule has 0 fully saturated rings. The van der Waals surface area contributed by atoms with Gasteiger partial charge >= 0.3 is 0 Å². The number of halogens is 1. The molecule has 5 nitrogen and oxygen atoms in total. The summed E-state index contributed by atoms with van der Waals surface area (Å²) < 4.78 is 5.78. The van der Waals surface area contributed by atoms with Gasteiger partial charge in [0.25, 0.3) is 5.91 Å².